The summed E-state index contributed by atoms with van der Waals surface area (Å²) in [5.41, 5.74) is -0.728. The van der Waals surface area contributed by atoms with Crippen LogP contribution in [0, 0.1) is 11.6 Å². The molecule has 9 heteroatoms. The molecule has 0 radical (unpaired) electrons. The molecule has 1 aromatic rings. The summed E-state index contributed by atoms with van der Waals surface area (Å²) >= 11 is 0. The third kappa shape index (κ3) is 4.45. The number of benzene rings is 1. The smallest absolute Gasteiger partial charge is 0.254 e. The molecule has 3 N–H and O–H groups in total. The predicted molar refractivity (Wildman–Crippen MR) is 71.2 cm³/mol. The van der Waals surface area contributed by atoms with E-state index in [0.29, 0.717) is 18.6 Å². The van der Waals surface area contributed by atoms with Crippen molar-refractivity contribution in [1.29, 1.82) is 0 Å². The maximum atomic E-state index is 14.0. The fourth-order valence-electron chi connectivity index (χ4n) is 1.66. The van der Waals surface area contributed by atoms with Crippen molar-refractivity contribution in [3.8, 4) is 0 Å². The zero-order valence-electron chi connectivity index (χ0n) is 11.5. The number of carbonyl (C=O) groups is 1. The summed E-state index contributed by atoms with van der Waals surface area (Å²) in [6.07, 6.45) is 0.499. The van der Waals surface area contributed by atoms with Crippen molar-refractivity contribution in [1.82, 2.24) is 5.32 Å². The van der Waals surface area contributed by atoms with Gasteiger partial charge in [-0.1, -0.05) is 6.92 Å². The molecule has 1 rings (SSSR count). The van der Waals surface area contributed by atoms with Crippen molar-refractivity contribution in [3.05, 3.63) is 29.3 Å². The van der Waals surface area contributed by atoms with Crippen LogP contribution in [0.25, 0.3) is 0 Å². The Kier molecular flexibility index (Phi) is 5.76. The highest BCUT2D eigenvalue weighted by Gasteiger charge is 2.24. The van der Waals surface area contributed by atoms with Crippen LogP contribution in [0.5, 0.6) is 0 Å². The number of amides is 1. The van der Waals surface area contributed by atoms with E-state index >= 15 is 0 Å². The van der Waals surface area contributed by atoms with E-state index in [2.05, 4.69) is 5.32 Å². The normalized spacial score (nSPS) is 13.0. The average Bonchev–Trinajstić information content (AvgIpc) is 2.39. The second-order valence-corrected chi connectivity index (χ2v) is 5.87. The van der Waals surface area contributed by atoms with E-state index < -0.39 is 44.1 Å². The number of carbonyl (C=O) groups excluding carboxylic acids is 1. The second kappa shape index (κ2) is 6.92. The van der Waals surface area contributed by atoms with Gasteiger partial charge in [-0.15, -0.1) is 0 Å². The Hall–Kier alpha value is -1.58. The van der Waals surface area contributed by atoms with E-state index in [0.717, 1.165) is 0 Å². The molecule has 0 heterocycles. The molecular weight excluding hydrogens is 306 g/mol. The van der Waals surface area contributed by atoms with Crippen LogP contribution < -0.4 is 10.5 Å². The minimum Gasteiger partial charge on any atom is -0.383 e. The van der Waals surface area contributed by atoms with Gasteiger partial charge in [0.2, 0.25) is 10.0 Å². The Morgan fingerprint density at radius 2 is 2.05 bits per heavy atom. The summed E-state index contributed by atoms with van der Waals surface area (Å²) in [4.78, 5) is 10.9. The lowest BCUT2D eigenvalue weighted by Crippen LogP contribution is -2.38. The number of methoxy groups -OCH3 is 1. The largest absolute Gasteiger partial charge is 0.383 e. The lowest BCUT2D eigenvalue weighted by atomic mass is 10.1. The lowest BCUT2D eigenvalue weighted by Gasteiger charge is -2.16. The maximum absolute atomic E-state index is 14.0. The van der Waals surface area contributed by atoms with Gasteiger partial charge in [-0.25, -0.2) is 22.3 Å². The maximum Gasteiger partial charge on any atom is 0.254 e. The molecule has 0 fully saturated rings. The first kappa shape index (κ1) is 17.5. The molecule has 0 aromatic heterocycles. The molecule has 0 aliphatic carbocycles. The molecule has 1 unspecified atom stereocenters. The zero-order chi connectivity index (χ0) is 16.2. The number of primary sulfonamides is 1. The van der Waals surface area contributed by atoms with E-state index in [1.807, 2.05) is 0 Å². The fourth-order valence-corrected chi connectivity index (χ4v) is 2.30. The Bertz CT molecular complexity index is 634. The van der Waals surface area contributed by atoms with Gasteiger partial charge in [-0.3, -0.25) is 4.79 Å². The van der Waals surface area contributed by atoms with Crippen LogP contribution >= 0.6 is 0 Å². The quantitative estimate of drug-likeness (QED) is 0.808. The topological polar surface area (TPSA) is 98.5 Å². The van der Waals surface area contributed by atoms with E-state index in [9.17, 15) is 22.0 Å². The molecule has 1 amide bonds. The van der Waals surface area contributed by atoms with Crippen molar-refractivity contribution >= 4 is 15.9 Å². The third-order valence-corrected chi connectivity index (χ3v) is 3.66. The van der Waals surface area contributed by atoms with E-state index in [1.54, 1.807) is 6.92 Å². The van der Waals surface area contributed by atoms with Crippen LogP contribution in [0.15, 0.2) is 17.0 Å². The van der Waals surface area contributed by atoms with Crippen LogP contribution in [-0.2, 0) is 14.8 Å². The Labute approximate surface area is 121 Å². The van der Waals surface area contributed by atoms with Crippen LogP contribution in [0.2, 0.25) is 0 Å². The van der Waals surface area contributed by atoms with Gasteiger partial charge in [0.1, 0.15) is 10.7 Å². The van der Waals surface area contributed by atoms with Gasteiger partial charge in [0.05, 0.1) is 18.2 Å². The van der Waals surface area contributed by atoms with Crippen molar-refractivity contribution in [3.63, 3.8) is 0 Å². The average molecular weight is 322 g/mol. The number of ether oxygens (including phenoxy) is 1. The van der Waals surface area contributed by atoms with Crippen molar-refractivity contribution < 1.29 is 26.7 Å². The standard InChI is InChI=1S/C12H16F2N2O4S/c1-3-8(6-20-2)16-12(17)9-4-7(13)5-10(11(9)14)21(15,18)19/h4-5,8H,3,6H2,1-2H3,(H,16,17)(H2,15,18,19). The molecule has 118 valence electrons. The van der Waals surface area contributed by atoms with Gasteiger partial charge >= 0.3 is 0 Å². The monoisotopic (exact) mass is 322 g/mol. The minimum atomic E-state index is -4.48. The van der Waals surface area contributed by atoms with Crippen LogP contribution in [0.1, 0.15) is 23.7 Å². The summed E-state index contributed by atoms with van der Waals surface area (Å²) in [6.45, 7) is 1.95. The van der Waals surface area contributed by atoms with E-state index in [1.165, 1.54) is 7.11 Å². The molecule has 0 bridgehead atoms. The molecule has 0 saturated heterocycles. The van der Waals surface area contributed by atoms with Gasteiger partial charge in [0, 0.05) is 7.11 Å². The summed E-state index contributed by atoms with van der Waals surface area (Å²) in [5, 5.41) is 7.21. The van der Waals surface area contributed by atoms with Gasteiger partial charge in [0.15, 0.2) is 5.82 Å². The van der Waals surface area contributed by atoms with Crippen LogP contribution in [0.4, 0.5) is 8.78 Å². The van der Waals surface area contributed by atoms with E-state index in [4.69, 9.17) is 9.88 Å². The molecular formula is C12H16F2N2O4S. The summed E-state index contributed by atoms with van der Waals surface area (Å²) in [7, 11) is -3.05. The number of hydrogen-bond donors (Lipinski definition) is 2. The van der Waals surface area contributed by atoms with Crippen LogP contribution in [0.3, 0.4) is 0 Å². The number of sulfonamides is 1. The van der Waals surface area contributed by atoms with Gasteiger partial charge in [-0.2, -0.15) is 0 Å². The second-order valence-electron chi connectivity index (χ2n) is 4.34. The number of hydrogen-bond acceptors (Lipinski definition) is 4. The lowest BCUT2D eigenvalue weighted by molar-refractivity contribution is 0.0889. The molecule has 21 heavy (non-hydrogen) atoms. The number of nitrogens with one attached hydrogen (secondary N) is 1. The Balaban J connectivity index is 3.19. The first-order valence-electron chi connectivity index (χ1n) is 6.02. The molecule has 0 spiro atoms. The first-order valence-corrected chi connectivity index (χ1v) is 7.57. The van der Waals surface area contributed by atoms with E-state index in [-0.39, 0.29) is 6.61 Å². The molecule has 1 atom stereocenters. The Morgan fingerprint density at radius 3 is 2.52 bits per heavy atom. The summed E-state index contributed by atoms with van der Waals surface area (Å²) < 4.78 is 54.6. The highest BCUT2D eigenvalue weighted by Crippen LogP contribution is 2.19. The fraction of sp³-hybridized carbons (Fsp3) is 0.417. The molecule has 6 nitrogen and oxygen atoms in total. The highest BCUT2D eigenvalue weighted by atomic mass is 32.2. The number of halogens is 2. The molecule has 0 saturated carbocycles. The highest BCUT2D eigenvalue weighted by molar-refractivity contribution is 7.89. The molecule has 0 aliphatic heterocycles. The number of rotatable bonds is 6. The Morgan fingerprint density at radius 1 is 1.43 bits per heavy atom. The van der Waals surface area contributed by atoms with Crippen LogP contribution in [-0.4, -0.2) is 34.1 Å². The zero-order valence-corrected chi connectivity index (χ0v) is 12.3. The summed E-state index contributed by atoms with van der Waals surface area (Å²) in [5.74, 6) is -3.41. The van der Waals surface area contributed by atoms with Crippen molar-refractivity contribution in [2.45, 2.75) is 24.3 Å². The minimum absolute atomic E-state index is 0.182. The first-order chi connectivity index (χ1) is 9.70. The van der Waals surface area contributed by atoms with Gasteiger partial charge in [0.25, 0.3) is 5.91 Å². The van der Waals surface area contributed by atoms with Gasteiger partial charge in [-0.05, 0) is 18.6 Å². The predicted octanol–water partition coefficient (Wildman–Crippen LogP) is 0.767. The van der Waals surface area contributed by atoms with Gasteiger partial charge < -0.3 is 10.1 Å². The SMILES string of the molecule is CCC(COC)NC(=O)c1cc(F)cc(S(N)(=O)=O)c1F. The van der Waals surface area contributed by atoms with Crippen molar-refractivity contribution in [2.75, 3.05) is 13.7 Å². The molecule has 1 aromatic carbocycles. The number of nitrogens with two attached hydrogens (primary N) is 1. The van der Waals surface area contributed by atoms with Crippen molar-refractivity contribution in [2.24, 2.45) is 5.14 Å². The molecule has 0 aliphatic rings. The summed E-state index contributed by atoms with van der Waals surface area (Å²) in [6, 6.07) is 0.621. The third-order valence-electron chi connectivity index (χ3n) is 2.75.